The summed E-state index contributed by atoms with van der Waals surface area (Å²) in [5.41, 5.74) is 0.890. The minimum atomic E-state index is -0.222. The van der Waals surface area contributed by atoms with Crippen LogP contribution in [0.4, 0.5) is 0 Å². The van der Waals surface area contributed by atoms with Crippen molar-refractivity contribution in [2.45, 2.75) is 25.7 Å². The predicted molar refractivity (Wildman–Crippen MR) is 57.8 cm³/mol. The Bertz CT molecular complexity index is 316. The second-order valence-electron chi connectivity index (χ2n) is 3.46. The quantitative estimate of drug-likeness (QED) is 0.773. The Morgan fingerprint density at radius 3 is 2.47 bits per heavy atom. The van der Waals surface area contributed by atoms with E-state index in [2.05, 4.69) is 0 Å². The number of methoxy groups -OCH3 is 1. The molecule has 0 aliphatic heterocycles. The molecule has 1 rings (SSSR count). The molecule has 15 heavy (non-hydrogen) atoms. The van der Waals surface area contributed by atoms with Crippen LogP contribution in [0.5, 0.6) is 5.75 Å². The molecule has 1 N–H and O–H groups in total. The molecule has 1 unspecified atom stereocenters. The maximum atomic E-state index is 11.5. The number of hydrogen-bond acceptors (Lipinski definition) is 3. The molecule has 0 amide bonds. The lowest BCUT2D eigenvalue weighted by Crippen LogP contribution is -2.13. The van der Waals surface area contributed by atoms with E-state index < -0.39 is 0 Å². The van der Waals surface area contributed by atoms with Gasteiger partial charge in [-0.25, -0.2) is 0 Å². The highest BCUT2D eigenvalue weighted by Crippen LogP contribution is 2.24. The molecule has 1 aromatic rings. The molecule has 0 aliphatic carbocycles. The van der Waals surface area contributed by atoms with E-state index in [0.29, 0.717) is 0 Å². The van der Waals surface area contributed by atoms with Crippen molar-refractivity contribution in [2.75, 3.05) is 7.11 Å². The second kappa shape index (κ2) is 5.39. The largest absolute Gasteiger partial charge is 0.508 e. The molecule has 0 radical (unpaired) electrons. The number of phenolic OH excluding ortho intramolecular Hbond substituents is 1. The van der Waals surface area contributed by atoms with Gasteiger partial charge in [0, 0.05) is 0 Å². The zero-order valence-corrected chi connectivity index (χ0v) is 9.06. The molecule has 0 spiro atoms. The Hall–Kier alpha value is -1.51. The summed E-state index contributed by atoms with van der Waals surface area (Å²) in [6, 6.07) is 6.68. The van der Waals surface area contributed by atoms with Crippen LogP contribution >= 0.6 is 0 Å². The molecular weight excluding hydrogens is 192 g/mol. The van der Waals surface area contributed by atoms with E-state index in [9.17, 15) is 4.79 Å². The highest BCUT2D eigenvalue weighted by Gasteiger charge is 2.19. The summed E-state index contributed by atoms with van der Waals surface area (Å²) in [6.45, 7) is 2.02. The number of hydrogen-bond donors (Lipinski definition) is 1. The number of aromatic hydroxyl groups is 1. The number of carbonyl (C=O) groups is 1. The minimum Gasteiger partial charge on any atom is -0.508 e. The third-order valence-electron chi connectivity index (χ3n) is 2.36. The summed E-state index contributed by atoms with van der Waals surface area (Å²) in [6.07, 6.45) is 1.68. The Balaban J connectivity index is 2.88. The lowest BCUT2D eigenvalue weighted by Gasteiger charge is -2.13. The first-order chi connectivity index (χ1) is 7.19. The highest BCUT2D eigenvalue weighted by molar-refractivity contribution is 5.78. The van der Waals surface area contributed by atoms with Crippen molar-refractivity contribution in [1.29, 1.82) is 0 Å². The minimum absolute atomic E-state index is 0.207. The van der Waals surface area contributed by atoms with Crippen molar-refractivity contribution in [2.24, 2.45) is 0 Å². The molecule has 0 heterocycles. The SMILES string of the molecule is CCCC(C(=O)OC)c1ccc(O)cc1. The molecule has 1 aromatic carbocycles. The summed E-state index contributed by atoms with van der Waals surface area (Å²) in [7, 11) is 1.39. The van der Waals surface area contributed by atoms with Gasteiger partial charge in [-0.1, -0.05) is 25.5 Å². The summed E-state index contributed by atoms with van der Waals surface area (Å²) in [5, 5.41) is 9.15. The van der Waals surface area contributed by atoms with Gasteiger partial charge in [-0.3, -0.25) is 4.79 Å². The lowest BCUT2D eigenvalue weighted by molar-refractivity contribution is -0.142. The number of benzene rings is 1. The number of carbonyl (C=O) groups excluding carboxylic acids is 1. The van der Waals surface area contributed by atoms with E-state index in [1.165, 1.54) is 7.11 Å². The Labute approximate surface area is 89.7 Å². The molecule has 3 heteroatoms. The topological polar surface area (TPSA) is 46.5 Å². The number of phenols is 1. The van der Waals surface area contributed by atoms with Crippen LogP contribution in [-0.4, -0.2) is 18.2 Å². The lowest BCUT2D eigenvalue weighted by atomic mass is 9.94. The Morgan fingerprint density at radius 1 is 1.40 bits per heavy atom. The summed E-state index contributed by atoms with van der Waals surface area (Å²) < 4.78 is 4.75. The first kappa shape index (κ1) is 11.6. The van der Waals surface area contributed by atoms with Crippen molar-refractivity contribution < 1.29 is 14.6 Å². The van der Waals surface area contributed by atoms with Crippen molar-refractivity contribution in [3.63, 3.8) is 0 Å². The molecular formula is C12H16O3. The van der Waals surface area contributed by atoms with Crippen molar-refractivity contribution in [3.8, 4) is 5.75 Å². The smallest absolute Gasteiger partial charge is 0.313 e. The average Bonchev–Trinajstić information content (AvgIpc) is 2.26. The van der Waals surface area contributed by atoms with Crippen molar-refractivity contribution in [3.05, 3.63) is 29.8 Å². The zero-order chi connectivity index (χ0) is 11.3. The van der Waals surface area contributed by atoms with Crippen LogP contribution in [-0.2, 0) is 9.53 Å². The molecule has 0 bridgehead atoms. The van der Waals surface area contributed by atoms with Gasteiger partial charge in [-0.2, -0.15) is 0 Å². The van der Waals surface area contributed by atoms with Crippen LogP contribution in [0.25, 0.3) is 0 Å². The van der Waals surface area contributed by atoms with E-state index in [4.69, 9.17) is 9.84 Å². The molecule has 1 atom stereocenters. The fraction of sp³-hybridized carbons (Fsp3) is 0.417. The first-order valence-electron chi connectivity index (χ1n) is 5.05. The highest BCUT2D eigenvalue weighted by atomic mass is 16.5. The maximum Gasteiger partial charge on any atom is 0.313 e. The molecule has 0 aliphatic rings. The van der Waals surface area contributed by atoms with Gasteiger partial charge in [0.15, 0.2) is 0 Å². The van der Waals surface area contributed by atoms with Gasteiger partial charge in [0.2, 0.25) is 0 Å². The van der Waals surface area contributed by atoms with Crippen molar-refractivity contribution >= 4 is 5.97 Å². The fourth-order valence-corrected chi connectivity index (χ4v) is 1.56. The van der Waals surface area contributed by atoms with Crippen LogP contribution in [0, 0.1) is 0 Å². The van der Waals surface area contributed by atoms with Gasteiger partial charge in [0.1, 0.15) is 5.75 Å². The van der Waals surface area contributed by atoms with Crippen LogP contribution in [0.15, 0.2) is 24.3 Å². The van der Waals surface area contributed by atoms with E-state index in [1.54, 1.807) is 24.3 Å². The third-order valence-corrected chi connectivity index (χ3v) is 2.36. The molecule has 0 fully saturated rings. The monoisotopic (exact) mass is 208 g/mol. The molecule has 0 aromatic heterocycles. The Morgan fingerprint density at radius 2 is 2.00 bits per heavy atom. The second-order valence-corrected chi connectivity index (χ2v) is 3.46. The van der Waals surface area contributed by atoms with Gasteiger partial charge in [-0.15, -0.1) is 0 Å². The van der Waals surface area contributed by atoms with Crippen LogP contribution < -0.4 is 0 Å². The zero-order valence-electron chi connectivity index (χ0n) is 9.06. The number of ether oxygens (including phenoxy) is 1. The summed E-state index contributed by atoms with van der Waals surface area (Å²) in [5.74, 6) is -0.234. The maximum absolute atomic E-state index is 11.5. The van der Waals surface area contributed by atoms with Gasteiger partial charge in [0.05, 0.1) is 13.0 Å². The van der Waals surface area contributed by atoms with Crippen LogP contribution in [0.1, 0.15) is 31.2 Å². The molecule has 0 saturated carbocycles. The summed E-state index contributed by atoms with van der Waals surface area (Å²) in [4.78, 5) is 11.5. The van der Waals surface area contributed by atoms with Crippen LogP contribution in [0.3, 0.4) is 0 Å². The van der Waals surface area contributed by atoms with E-state index >= 15 is 0 Å². The molecule has 82 valence electrons. The van der Waals surface area contributed by atoms with Gasteiger partial charge < -0.3 is 9.84 Å². The number of rotatable bonds is 4. The first-order valence-corrected chi connectivity index (χ1v) is 5.05. The average molecular weight is 208 g/mol. The molecule has 0 saturated heterocycles. The van der Waals surface area contributed by atoms with E-state index in [1.807, 2.05) is 6.92 Å². The van der Waals surface area contributed by atoms with Gasteiger partial charge in [0.25, 0.3) is 0 Å². The van der Waals surface area contributed by atoms with E-state index in [-0.39, 0.29) is 17.6 Å². The number of esters is 1. The van der Waals surface area contributed by atoms with E-state index in [0.717, 1.165) is 18.4 Å². The standard InChI is InChI=1S/C12H16O3/c1-3-4-11(12(14)15-2)9-5-7-10(13)8-6-9/h5-8,11,13H,3-4H2,1-2H3. The fourth-order valence-electron chi connectivity index (χ4n) is 1.56. The Kier molecular flexibility index (Phi) is 4.16. The van der Waals surface area contributed by atoms with Crippen molar-refractivity contribution in [1.82, 2.24) is 0 Å². The molecule has 3 nitrogen and oxygen atoms in total. The van der Waals surface area contributed by atoms with Crippen LogP contribution in [0.2, 0.25) is 0 Å². The predicted octanol–water partition coefficient (Wildman–Crippen LogP) is 2.45. The normalized spacial score (nSPS) is 12.1. The van der Waals surface area contributed by atoms with Gasteiger partial charge >= 0.3 is 5.97 Å². The summed E-state index contributed by atoms with van der Waals surface area (Å²) >= 11 is 0. The van der Waals surface area contributed by atoms with Gasteiger partial charge in [-0.05, 0) is 24.1 Å². The third kappa shape index (κ3) is 2.98.